The molecule has 78 valence electrons. The zero-order valence-electron chi connectivity index (χ0n) is 7.51. The van der Waals surface area contributed by atoms with Gasteiger partial charge < -0.3 is 0 Å². The van der Waals surface area contributed by atoms with E-state index in [0.717, 1.165) is 9.86 Å². The summed E-state index contributed by atoms with van der Waals surface area (Å²) in [6.07, 6.45) is 0. The maximum Gasteiger partial charge on any atom is 0.295 e. The second kappa shape index (κ2) is 3.59. The van der Waals surface area contributed by atoms with E-state index in [4.69, 9.17) is 4.55 Å². The fraction of sp³-hybridized carbons (Fsp3) is 0. The van der Waals surface area contributed by atoms with Crippen LogP contribution >= 0.6 is 15.9 Å². The maximum atomic E-state index is 11.1. The first-order valence-electron chi connectivity index (χ1n) is 4.14. The summed E-state index contributed by atoms with van der Waals surface area (Å²) in [7, 11) is -4.16. The minimum absolute atomic E-state index is 0.0625. The van der Waals surface area contributed by atoms with Crippen LogP contribution in [0.3, 0.4) is 0 Å². The minimum atomic E-state index is -4.16. The second-order valence-electron chi connectivity index (χ2n) is 3.10. The molecule has 2 aromatic carbocycles. The van der Waals surface area contributed by atoms with Gasteiger partial charge in [0.25, 0.3) is 10.1 Å². The quantitative estimate of drug-likeness (QED) is 0.820. The van der Waals surface area contributed by atoms with Crippen molar-refractivity contribution in [3.05, 3.63) is 40.9 Å². The molecule has 0 bridgehead atoms. The van der Waals surface area contributed by atoms with Gasteiger partial charge >= 0.3 is 0 Å². The first-order chi connectivity index (χ1) is 6.98. The molecule has 0 radical (unpaired) electrons. The number of rotatable bonds is 1. The molecule has 0 aliphatic rings. The molecular formula is C10H7BrO3S. The van der Waals surface area contributed by atoms with Gasteiger partial charge in [0.1, 0.15) is 4.90 Å². The highest BCUT2D eigenvalue weighted by Gasteiger charge is 2.12. The Morgan fingerprint density at radius 1 is 1.13 bits per heavy atom. The van der Waals surface area contributed by atoms with E-state index in [2.05, 4.69) is 15.9 Å². The third kappa shape index (κ3) is 2.04. The van der Waals surface area contributed by atoms with Crippen LogP contribution in [0.25, 0.3) is 10.8 Å². The van der Waals surface area contributed by atoms with Crippen LogP contribution in [-0.4, -0.2) is 13.0 Å². The standard InChI is InChI=1S/C10H7BrO3S/c11-8-4-5-9-7(6-8)2-1-3-10(9)15(12,13)14/h1-6H,(H,12,13,14). The van der Waals surface area contributed by atoms with Crippen molar-refractivity contribution in [2.75, 3.05) is 0 Å². The first-order valence-corrected chi connectivity index (χ1v) is 6.37. The van der Waals surface area contributed by atoms with Gasteiger partial charge in [0.2, 0.25) is 0 Å². The molecule has 0 spiro atoms. The Morgan fingerprint density at radius 2 is 1.87 bits per heavy atom. The average Bonchev–Trinajstić information content (AvgIpc) is 2.15. The summed E-state index contributed by atoms with van der Waals surface area (Å²) in [6, 6.07) is 9.95. The number of hydrogen-bond acceptors (Lipinski definition) is 2. The largest absolute Gasteiger partial charge is 0.295 e. The van der Waals surface area contributed by atoms with E-state index < -0.39 is 10.1 Å². The number of fused-ring (bicyclic) bond motifs is 1. The molecule has 0 fully saturated rings. The highest BCUT2D eigenvalue weighted by molar-refractivity contribution is 9.10. The molecule has 0 atom stereocenters. The maximum absolute atomic E-state index is 11.1. The molecule has 0 aliphatic carbocycles. The van der Waals surface area contributed by atoms with Gasteiger partial charge in [-0.25, -0.2) is 0 Å². The predicted molar refractivity (Wildman–Crippen MR) is 61.5 cm³/mol. The zero-order valence-corrected chi connectivity index (χ0v) is 9.92. The highest BCUT2D eigenvalue weighted by atomic mass is 79.9. The van der Waals surface area contributed by atoms with Crippen LogP contribution in [0.5, 0.6) is 0 Å². The molecular weight excluding hydrogens is 280 g/mol. The summed E-state index contributed by atoms with van der Waals surface area (Å²) >= 11 is 3.30. The van der Waals surface area contributed by atoms with E-state index >= 15 is 0 Å². The fourth-order valence-corrected chi connectivity index (χ4v) is 2.54. The van der Waals surface area contributed by atoms with Crippen molar-refractivity contribution in [3.63, 3.8) is 0 Å². The molecule has 2 rings (SSSR count). The molecule has 0 aliphatic heterocycles. The van der Waals surface area contributed by atoms with E-state index in [0.29, 0.717) is 5.39 Å². The van der Waals surface area contributed by atoms with E-state index in [1.807, 2.05) is 0 Å². The Bertz CT molecular complexity index is 620. The Balaban J connectivity index is 2.89. The van der Waals surface area contributed by atoms with Crippen molar-refractivity contribution in [3.8, 4) is 0 Å². The molecule has 3 nitrogen and oxygen atoms in total. The topological polar surface area (TPSA) is 54.4 Å². The van der Waals surface area contributed by atoms with Crippen molar-refractivity contribution < 1.29 is 13.0 Å². The van der Waals surface area contributed by atoms with Crippen molar-refractivity contribution >= 4 is 36.8 Å². The van der Waals surface area contributed by atoms with E-state index in [-0.39, 0.29) is 4.90 Å². The average molecular weight is 287 g/mol. The molecule has 0 saturated carbocycles. The number of hydrogen-bond donors (Lipinski definition) is 1. The van der Waals surface area contributed by atoms with Gasteiger partial charge in [0.05, 0.1) is 0 Å². The summed E-state index contributed by atoms with van der Waals surface area (Å²) in [6.45, 7) is 0. The second-order valence-corrected chi connectivity index (χ2v) is 5.40. The molecule has 2 aromatic rings. The van der Waals surface area contributed by atoms with Crippen molar-refractivity contribution in [1.29, 1.82) is 0 Å². The molecule has 1 N–H and O–H groups in total. The van der Waals surface area contributed by atoms with Crippen LogP contribution < -0.4 is 0 Å². The lowest BCUT2D eigenvalue weighted by Crippen LogP contribution is -1.98. The smallest absolute Gasteiger partial charge is 0.282 e. The Labute approximate surface area is 95.6 Å². The lowest BCUT2D eigenvalue weighted by molar-refractivity contribution is 0.484. The van der Waals surface area contributed by atoms with Crippen LogP contribution in [0.1, 0.15) is 0 Å². The summed E-state index contributed by atoms with van der Waals surface area (Å²) in [5.74, 6) is 0. The van der Waals surface area contributed by atoms with Crippen molar-refractivity contribution in [2.45, 2.75) is 4.90 Å². The third-order valence-electron chi connectivity index (χ3n) is 2.08. The monoisotopic (exact) mass is 286 g/mol. The van der Waals surface area contributed by atoms with Crippen LogP contribution in [0, 0.1) is 0 Å². The van der Waals surface area contributed by atoms with Gasteiger partial charge in [-0.3, -0.25) is 4.55 Å². The Morgan fingerprint density at radius 3 is 2.53 bits per heavy atom. The first kappa shape index (κ1) is 10.6. The molecule has 5 heteroatoms. The van der Waals surface area contributed by atoms with Crippen molar-refractivity contribution in [1.82, 2.24) is 0 Å². The zero-order chi connectivity index (χ0) is 11.1. The molecule has 15 heavy (non-hydrogen) atoms. The van der Waals surface area contributed by atoms with Gasteiger partial charge in [-0.2, -0.15) is 8.42 Å². The SMILES string of the molecule is O=S(=O)(O)c1cccc2cc(Br)ccc12. The fourth-order valence-electron chi connectivity index (χ4n) is 1.45. The van der Waals surface area contributed by atoms with Crippen LogP contribution in [-0.2, 0) is 10.1 Å². The highest BCUT2D eigenvalue weighted by Crippen LogP contribution is 2.25. The molecule has 0 unspecified atom stereocenters. The van der Waals surface area contributed by atoms with Crippen LogP contribution in [0.2, 0.25) is 0 Å². The summed E-state index contributed by atoms with van der Waals surface area (Å²) in [4.78, 5) is -0.0625. The van der Waals surface area contributed by atoms with Crippen LogP contribution in [0.15, 0.2) is 45.8 Å². The summed E-state index contributed by atoms with van der Waals surface area (Å²) in [5, 5.41) is 1.28. The number of halogens is 1. The lowest BCUT2D eigenvalue weighted by atomic mass is 10.1. The summed E-state index contributed by atoms with van der Waals surface area (Å²) in [5.41, 5.74) is 0. The van der Waals surface area contributed by atoms with Crippen LogP contribution in [0.4, 0.5) is 0 Å². The normalized spacial score (nSPS) is 11.9. The Hall–Kier alpha value is -0.910. The van der Waals surface area contributed by atoms with Gasteiger partial charge in [-0.05, 0) is 23.6 Å². The molecule has 0 heterocycles. The molecule has 0 aromatic heterocycles. The van der Waals surface area contributed by atoms with Gasteiger partial charge in [-0.1, -0.05) is 34.1 Å². The molecule has 0 saturated heterocycles. The lowest BCUT2D eigenvalue weighted by Gasteiger charge is -2.03. The third-order valence-corrected chi connectivity index (χ3v) is 3.49. The van der Waals surface area contributed by atoms with E-state index in [9.17, 15) is 8.42 Å². The predicted octanol–water partition coefficient (Wildman–Crippen LogP) is 2.85. The molecule has 0 amide bonds. The number of benzene rings is 2. The summed E-state index contributed by atoms with van der Waals surface area (Å²) < 4.78 is 32.0. The van der Waals surface area contributed by atoms with Gasteiger partial charge in [0.15, 0.2) is 0 Å². The van der Waals surface area contributed by atoms with Gasteiger partial charge in [0, 0.05) is 9.86 Å². The van der Waals surface area contributed by atoms with Crippen molar-refractivity contribution in [2.24, 2.45) is 0 Å². The Kier molecular flexibility index (Phi) is 2.54. The van der Waals surface area contributed by atoms with Gasteiger partial charge in [-0.15, -0.1) is 0 Å². The van der Waals surface area contributed by atoms with E-state index in [1.165, 1.54) is 6.07 Å². The minimum Gasteiger partial charge on any atom is -0.282 e. The van der Waals surface area contributed by atoms with E-state index in [1.54, 1.807) is 30.3 Å².